The third-order valence-electron chi connectivity index (χ3n) is 4.21. The normalized spacial score (nSPS) is 15.2. The van der Waals surface area contributed by atoms with Crippen molar-refractivity contribution in [3.05, 3.63) is 54.9 Å². The van der Waals surface area contributed by atoms with E-state index in [-0.39, 0.29) is 6.03 Å². The largest absolute Gasteiger partial charge is 0.370 e. The molecule has 0 bridgehead atoms. The Bertz CT molecular complexity index is 609. The molecule has 1 aliphatic heterocycles. The van der Waals surface area contributed by atoms with Crippen molar-refractivity contribution in [2.45, 2.75) is 12.8 Å². The van der Waals surface area contributed by atoms with E-state index in [4.69, 9.17) is 0 Å². The number of piperidine rings is 1. The minimum Gasteiger partial charge on any atom is -0.370 e. The smallest absolute Gasteiger partial charge is 0.319 e. The van der Waals surface area contributed by atoms with Crippen LogP contribution in [0.1, 0.15) is 12.8 Å². The number of carbonyl (C=O) groups is 1. The third-order valence-corrected chi connectivity index (χ3v) is 4.21. The van der Waals surface area contributed by atoms with Crippen LogP contribution in [-0.4, -0.2) is 30.6 Å². The highest BCUT2D eigenvalue weighted by Gasteiger charge is 2.19. The van der Waals surface area contributed by atoms with Crippen LogP contribution in [0.5, 0.6) is 0 Å². The zero-order valence-corrected chi connectivity index (χ0v) is 13.1. The molecule has 0 saturated carbocycles. The number of carbonyl (C=O) groups excluding carboxylic acids is 1. The summed E-state index contributed by atoms with van der Waals surface area (Å²) in [6, 6.07) is 13.4. The van der Waals surface area contributed by atoms with E-state index in [1.165, 1.54) is 5.69 Å². The van der Waals surface area contributed by atoms with Crippen LogP contribution in [0.2, 0.25) is 0 Å². The molecule has 2 heterocycles. The van der Waals surface area contributed by atoms with Crippen LogP contribution in [0.3, 0.4) is 0 Å². The molecule has 3 rings (SSSR count). The molecule has 1 aromatic carbocycles. The van der Waals surface area contributed by atoms with Gasteiger partial charge in [0.25, 0.3) is 0 Å². The molecule has 5 nitrogen and oxygen atoms in total. The summed E-state index contributed by atoms with van der Waals surface area (Å²) in [7, 11) is 0. The molecule has 2 aromatic rings. The molecule has 1 saturated heterocycles. The Morgan fingerprint density at radius 2 is 1.91 bits per heavy atom. The molecule has 0 spiro atoms. The summed E-state index contributed by atoms with van der Waals surface area (Å²) in [5.74, 6) is 0.532. The van der Waals surface area contributed by atoms with Crippen LogP contribution >= 0.6 is 0 Å². The minimum absolute atomic E-state index is 0.133. The first-order chi connectivity index (χ1) is 11.3. The van der Waals surface area contributed by atoms with Crippen LogP contribution in [0.4, 0.5) is 16.2 Å². The minimum atomic E-state index is -0.133. The average Bonchev–Trinajstić information content (AvgIpc) is 2.62. The molecule has 1 aromatic heterocycles. The highest BCUT2D eigenvalue weighted by Crippen LogP contribution is 2.21. The lowest BCUT2D eigenvalue weighted by molar-refractivity contribution is 0.248. The summed E-state index contributed by atoms with van der Waals surface area (Å²) in [6.45, 7) is 2.75. The number of nitrogens with zero attached hydrogens (tertiary/aromatic N) is 2. The van der Waals surface area contributed by atoms with E-state index in [9.17, 15) is 4.79 Å². The Morgan fingerprint density at radius 1 is 1.13 bits per heavy atom. The molecule has 2 N–H and O–H groups in total. The number of hydrogen-bond acceptors (Lipinski definition) is 3. The summed E-state index contributed by atoms with van der Waals surface area (Å²) in [4.78, 5) is 18.4. The molecule has 120 valence electrons. The highest BCUT2D eigenvalue weighted by atomic mass is 16.2. The number of benzene rings is 1. The van der Waals surface area contributed by atoms with Crippen molar-refractivity contribution in [1.82, 2.24) is 10.3 Å². The lowest BCUT2D eigenvalue weighted by atomic mass is 9.96. The lowest BCUT2D eigenvalue weighted by Gasteiger charge is -2.33. The number of urea groups is 1. The van der Waals surface area contributed by atoms with E-state index in [0.717, 1.165) is 38.2 Å². The molecule has 0 unspecified atom stereocenters. The maximum Gasteiger partial charge on any atom is 0.319 e. The van der Waals surface area contributed by atoms with Crippen molar-refractivity contribution in [3.8, 4) is 0 Å². The van der Waals surface area contributed by atoms with E-state index >= 15 is 0 Å². The standard InChI is InChI=1S/C18H22N4O/c23-18(21-16-5-2-1-3-6-16)20-13-15-8-11-22(12-9-15)17-7-4-10-19-14-17/h1-7,10,14-15H,8-9,11-13H2,(H2,20,21,23). The van der Waals surface area contributed by atoms with Gasteiger partial charge >= 0.3 is 6.03 Å². The van der Waals surface area contributed by atoms with E-state index in [2.05, 4.69) is 26.6 Å². The zero-order valence-electron chi connectivity index (χ0n) is 13.1. The van der Waals surface area contributed by atoms with Crippen molar-refractivity contribution < 1.29 is 4.79 Å². The monoisotopic (exact) mass is 310 g/mol. The molecular formula is C18H22N4O. The maximum atomic E-state index is 11.9. The van der Waals surface area contributed by atoms with Gasteiger partial charge < -0.3 is 15.5 Å². The Morgan fingerprint density at radius 3 is 2.61 bits per heavy atom. The van der Waals surface area contributed by atoms with Gasteiger partial charge in [-0.05, 0) is 43.0 Å². The van der Waals surface area contributed by atoms with Crippen molar-refractivity contribution >= 4 is 17.4 Å². The molecule has 0 atom stereocenters. The quantitative estimate of drug-likeness (QED) is 0.912. The molecule has 2 amide bonds. The first-order valence-corrected chi connectivity index (χ1v) is 8.06. The van der Waals surface area contributed by atoms with Gasteiger partial charge in [0.1, 0.15) is 0 Å². The maximum absolute atomic E-state index is 11.9. The second-order valence-corrected chi connectivity index (χ2v) is 5.84. The topological polar surface area (TPSA) is 57.3 Å². The van der Waals surface area contributed by atoms with Crippen LogP contribution in [0, 0.1) is 5.92 Å². The molecule has 1 aliphatic rings. The number of para-hydroxylation sites is 1. The van der Waals surface area contributed by atoms with Crippen LogP contribution in [0.25, 0.3) is 0 Å². The molecule has 1 fully saturated rings. The van der Waals surface area contributed by atoms with E-state index in [1.807, 2.05) is 42.6 Å². The van der Waals surface area contributed by atoms with Crippen LogP contribution in [-0.2, 0) is 0 Å². The number of hydrogen-bond donors (Lipinski definition) is 2. The Labute approximate surface area is 136 Å². The van der Waals surface area contributed by atoms with Crippen LogP contribution < -0.4 is 15.5 Å². The van der Waals surface area contributed by atoms with E-state index in [1.54, 1.807) is 6.20 Å². The Hall–Kier alpha value is -2.56. The second-order valence-electron chi connectivity index (χ2n) is 5.84. The highest BCUT2D eigenvalue weighted by molar-refractivity contribution is 5.89. The van der Waals surface area contributed by atoms with Crippen molar-refractivity contribution in [1.29, 1.82) is 0 Å². The summed E-state index contributed by atoms with van der Waals surface area (Å²) >= 11 is 0. The average molecular weight is 310 g/mol. The first-order valence-electron chi connectivity index (χ1n) is 8.06. The Kier molecular flexibility index (Phi) is 5.09. The number of anilines is 2. The van der Waals surface area contributed by atoms with E-state index in [0.29, 0.717) is 5.92 Å². The van der Waals surface area contributed by atoms with Gasteiger partial charge in [0.15, 0.2) is 0 Å². The predicted octanol–water partition coefficient (Wildman–Crippen LogP) is 3.12. The van der Waals surface area contributed by atoms with Gasteiger partial charge in [-0.1, -0.05) is 18.2 Å². The number of pyridine rings is 1. The lowest BCUT2D eigenvalue weighted by Crippen LogP contribution is -2.39. The first kappa shape index (κ1) is 15.3. The molecule has 0 radical (unpaired) electrons. The van der Waals surface area contributed by atoms with Crippen molar-refractivity contribution in [3.63, 3.8) is 0 Å². The molecule has 23 heavy (non-hydrogen) atoms. The summed E-state index contributed by atoms with van der Waals surface area (Å²) in [5, 5.41) is 5.82. The van der Waals surface area contributed by atoms with Gasteiger partial charge in [0, 0.05) is 31.5 Å². The Balaban J connectivity index is 1.40. The van der Waals surface area contributed by atoms with Crippen molar-refractivity contribution in [2.24, 2.45) is 5.92 Å². The van der Waals surface area contributed by atoms with Crippen LogP contribution in [0.15, 0.2) is 54.9 Å². The number of amides is 2. The third kappa shape index (κ3) is 4.45. The van der Waals surface area contributed by atoms with Gasteiger partial charge in [-0.2, -0.15) is 0 Å². The fourth-order valence-corrected chi connectivity index (χ4v) is 2.87. The predicted molar refractivity (Wildman–Crippen MR) is 92.6 cm³/mol. The SMILES string of the molecule is O=C(NCC1CCN(c2cccnc2)CC1)Nc1ccccc1. The molecule has 0 aliphatic carbocycles. The van der Waals surface area contributed by atoms with Gasteiger partial charge in [-0.15, -0.1) is 0 Å². The van der Waals surface area contributed by atoms with Gasteiger partial charge in [0.05, 0.1) is 11.9 Å². The van der Waals surface area contributed by atoms with Gasteiger partial charge in [-0.25, -0.2) is 4.79 Å². The molecular weight excluding hydrogens is 288 g/mol. The summed E-state index contributed by atoms with van der Waals surface area (Å²) < 4.78 is 0. The van der Waals surface area contributed by atoms with E-state index < -0.39 is 0 Å². The fourth-order valence-electron chi connectivity index (χ4n) is 2.87. The number of aromatic nitrogens is 1. The zero-order chi connectivity index (χ0) is 15.9. The molecule has 5 heteroatoms. The van der Waals surface area contributed by atoms with Crippen molar-refractivity contribution in [2.75, 3.05) is 29.9 Å². The van der Waals surface area contributed by atoms with Gasteiger partial charge in [-0.3, -0.25) is 4.98 Å². The number of nitrogens with one attached hydrogen (secondary N) is 2. The fraction of sp³-hybridized carbons (Fsp3) is 0.333. The number of rotatable bonds is 4. The summed E-state index contributed by atoms with van der Waals surface area (Å²) in [6.07, 6.45) is 5.87. The summed E-state index contributed by atoms with van der Waals surface area (Å²) in [5.41, 5.74) is 2.00. The second kappa shape index (κ2) is 7.63. The van der Waals surface area contributed by atoms with Gasteiger partial charge in [0.2, 0.25) is 0 Å².